The molecule has 0 fully saturated rings. The number of thiocarbonyl (C=S) groups is 6. The van der Waals surface area contributed by atoms with E-state index in [0.717, 1.165) is 89.8 Å². The third-order valence-electron chi connectivity index (χ3n) is 17.7. The van der Waals surface area contributed by atoms with Gasteiger partial charge in [-0.05, 0) is 139 Å². The van der Waals surface area contributed by atoms with Gasteiger partial charge >= 0.3 is 0 Å². The lowest BCUT2D eigenvalue weighted by Gasteiger charge is -2.23. The molecule has 7 rings (SSSR count). The number of likely N-dealkylation sites (N-methyl/N-ethyl adjacent to an activating group) is 6. The van der Waals surface area contributed by atoms with Crippen molar-refractivity contribution in [3.63, 3.8) is 0 Å². The maximum Gasteiger partial charge on any atom is 0.154 e. The Balaban J connectivity index is 2.09. The van der Waals surface area contributed by atoms with Crippen LogP contribution in [0.25, 0.3) is 56.4 Å². The van der Waals surface area contributed by atoms with Crippen molar-refractivity contribution in [2.75, 3.05) is 124 Å². The van der Waals surface area contributed by atoms with Gasteiger partial charge in [0.2, 0.25) is 0 Å². The van der Waals surface area contributed by atoms with Crippen LogP contribution < -0.4 is 28.4 Å². The Morgan fingerprint density at radius 3 is 0.380 bits per heavy atom. The van der Waals surface area contributed by atoms with Gasteiger partial charge in [-0.1, -0.05) is 198 Å². The summed E-state index contributed by atoms with van der Waals surface area (Å²) in [5.41, 5.74) is 4.35. The van der Waals surface area contributed by atoms with Gasteiger partial charge in [0.15, 0.2) is 34.5 Å². The average molecular weight is 1690 g/mol. The van der Waals surface area contributed by atoms with Crippen LogP contribution in [0.3, 0.4) is 0 Å². The number of nitrogens with zero attached hydrogens (tertiary/aromatic N) is 6. The van der Waals surface area contributed by atoms with Crippen molar-refractivity contribution in [1.82, 2.24) is 29.4 Å². The summed E-state index contributed by atoms with van der Waals surface area (Å²) in [6.45, 7) is 41.3. The number of fused-ring (bicyclic) bond motifs is 12. The molecular weight excluding hydrogens is 1570 g/mol. The van der Waals surface area contributed by atoms with Crippen LogP contribution >= 0.6 is 141 Å². The highest BCUT2D eigenvalue weighted by Crippen LogP contribution is 2.50. The Kier molecular flexibility index (Phi) is 30.2. The van der Waals surface area contributed by atoms with Crippen molar-refractivity contribution in [2.45, 2.75) is 157 Å². The maximum atomic E-state index is 7.34. The molecule has 12 bridgehead atoms. The first kappa shape index (κ1) is 90.0. The van der Waals surface area contributed by atoms with E-state index in [-0.39, 0.29) is 72.1 Å². The van der Waals surface area contributed by atoms with Crippen LogP contribution in [0, 0.1) is 0 Å². The SMILES string of the molecule is CN(C)C(=S)COc1c2cc(C(C)(C)C)cc1sc1cc(C(C)(C)C)cc(sc3cc(C(C)(C)C)cc(sc4cc(C(C)(C)C)cc(sc5cc(C(C)(C)C)cc(sc6cc(C(C)(C)C)cc(s2)c6OCC(=S)N(C)C)c5OCC(=S)N(C)C)c4OCC(=S)N(C)C)c3OCC(=S)N(C)C)c1OCC(=S)N(C)C. The monoisotopic (exact) mass is 1690 g/mol. The zero-order valence-corrected chi connectivity index (χ0v) is 79.0. The molecule has 0 unspecified atom stereocenters. The summed E-state index contributed by atoms with van der Waals surface area (Å²) in [5.74, 6) is 3.89. The topological polar surface area (TPSA) is 74.8 Å². The Morgan fingerprint density at radius 2 is 0.306 bits per heavy atom. The molecule has 12 nitrogen and oxygen atoms in total. The summed E-state index contributed by atoms with van der Waals surface area (Å²) >= 11 is 46.5. The summed E-state index contributed by atoms with van der Waals surface area (Å²) in [4.78, 5) is 15.3. The molecule has 0 amide bonds. The molecule has 24 heteroatoms. The van der Waals surface area contributed by atoms with E-state index in [1.165, 1.54) is 0 Å². The fourth-order valence-electron chi connectivity index (χ4n) is 10.1. The average Bonchev–Trinajstić information content (AvgIpc) is 0.767. The summed E-state index contributed by atoms with van der Waals surface area (Å²) in [6.07, 6.45) is 0. The van der Waals surface area contributed by atoms with E-state index in [0.29, 0.717) is 64.4 Å². The predicted molar refractivity (Wildman–Crippen MR) is 501 cm³/mol. The van der Waals surface area contributed by atoms with Gasteiger partial charge in [-0.2, -0.15) is 0 Å². The molecule has 7 aromatic rings. The van der Waals surface area contributed by atoms with Crippen LogP contribution in [0.2, 0.25) is 0 Å². The lowest BCUT2D eigenvalue weighted by atomic mass is 9.87. The summed E-state index contributed by atoms with van der Waals surface area (Å²) < 4.78 is 54.3. The third kappa shape index (κ3) is 23.9. The van der Waals surface area contributed by atoms with Gasteiger partial charge in [-0.15, -0.1) is 68.0 Å². The highest BCUT2D eigenvalue weighted by atomic mass is 32.1. The summed E-state index contributed by atoms with van der Waals surface area (Å²) in [6, 6.07) is 27.3. The van der Waals surface area contributed by atoms with Gasteiger partial charge < -0.3 is 57.8 Å². The van der Waals surface area contributed by atoms with E-state index in [4.69, 9.17) is 102 Å². The third-order valence-corrected chi connectivity index (χ3v) is 26.8. The Labute approximate surface area is 700 Å². The van der Waals surface area contributed by atoms with Crippen molar-refractivity contribution >= 4 is 228 Å². The Hall–Kier alpha value is -5.22. The molecule has 108 heavy (non-hydrogen) atoms. The molecule has 0 spiro atoms. The van der Waals surface area contributed by atoms with Crippen LogP contribution in [-0.4, -0.2) is 184 Å². The van der Waals surface area contributed by atoms with Crippen LogP contribution in [0.1, 0.15) is 158 Å². The first-order chi connectivity index (χ1) is 49.7. The fourth-order valence-corrected chi connectivity index (χ4v) is 17.6. The van der Waals surface area contributed by atoms with Crippen molar-refractivity contribution < 1.29 is 28.4 Å². The van der Waals surface area contributed by atoms with Crippen molar-refractivity contribution in [3.05, 3.63) is 106 Å². The second-order valence-corrected chi connectivity index (χ2v) is 43.7. The minimum atomic E-state index is -0.361. The molecule has 0 saturated heterocycles. The minimum Gasteiger partial charge on any atom is -0.484 e. The lowest BCUT2D eigenvalue weighted by Crippen LogP contribution is -2.26. The minimum absolute atomic E-state index is 0.124. The molecule has 1 heterocycles. The number of rotatable bonds is 18. The molecule has 0 saturated carbocycles. The predicted octanol–water partition coefficient (Wildman–Crippen LogP) is 23.4. The first-order valence-corrected chi connectivity index (χ1v) is 43.2. The molecule has 0 atom stereocenters. The molecule has 0 aliphatic carbocycles. The lowest BCUT2D eigenvalue weighted by molar-refractivity contribution is 0.371. The quantitative estimate of drug-likeness (QED) is 0.0765. The molecule has 1 aromatic heterocycles. The van der Waals surface area contributed by atoms with E-state index < -0.39 is 0 Å². The van der Waals surface area contributed by atoms with E-state index in [1.54, 1.807) is 68.0 Å². The number of ether oxygens (including phenoxy) is 6. The first-order valence-electron chi connectivity index (χ1n) is 35.9. The highest BCUT2D eigenvalue weighted by Gasteiger charge is 2.28. The van der Waals surface area contributed by atoms with E-state index >= 15 is 0 Å². The van der Waals surface area contributed by atoms with Crippen LogP contribution in [-0.2, 0) is 32.5 Å². The second kappa shape index (κ2) is 36.3. The summed E-state index contributed by atoms with van der Waals surface area (Å²) in [5, 5.41) is 0. The van der Waals surface area contributed by atoms with Gasteiger partial charge in [0.25, 0.3) is 0 Å². The fraction of sp³-hybridized carbons (Fsp3) is 0.500. The molecular formula is C84H114N6O6S12. The molecule has 0 aliphatic rings. The number of benzene rings is 6. The van der Waals surface area contributed by atoms with Gasteiger partial charge in [0.05, 0.1) is 56.4 Å². The smallest absolute Gasteiger partial charge is 0.154 e. The maximum absolute atomic E-state index is 7.34. The molecule has 0 aliphatic heterocycles. The van der Waals surface area contributed by atoms with Gasteiger partial charge in [-0.25, -0.2) is 0 Å². The van der Waals surface area contributed by atoms with Crippen molar-refractivity contribution in [3.8, 4) is 34.5 Å². The van der Waals surface area contributed by atoms with E-state index in [2.05, 4.69) is 197 Å². The Morgan fingerprint density at radius 1 is 0.213 bits per heavy atom. The van der Waals surface area contributed by atoms with Gasteiger partial charge in [0.1, 0.15) is 69.6 Å². The second-order valence-electron chi connectivity index (χ2n) is 34.4. The summed E-state index contributed by atoms with van der Waals surface area (Å²) in [7, 11) is 23.5. The van der Waals surface area contributed by atoms with Crippen molar-refractivity contribution in [2.24, 2.45) is 0 Å². The number of hydrogen-bond donors (Lipinski definition) is 0. The van der Waals surface area contributed by atoms with E-state index in [9.17, 15) is 0 Å². The zero-order chi connectivity index (χ0) is 81.0. The molecule has 6 aromatic carbocycles. The molecule has 0 N–H and O–H groups in total. The largest absolute Gasteiger partial charge is 0.484 e. The van der Waals surface area contributed by atoms with Gasteiger partial charge in [-0.3, -0.25) is 0 Å². The highest BCUT2D eigenvalue weighted by molar-refractivity contribution is 7.81. The molecule has 588 valence electrons. The molecule has 0 radical (unpaired) electrons. The number of hydrogen-bond acceptors (Lipinski definition) is 18. The van der Waals surface area contributed by atoms with Crippen molar-refractivity contribution in [1.29, 1.82) is 0 Å². The zero-order valence-electron chi connectivity index (χ0n) is 69.2. The van der Waals surface area contributed by atoms with Crippen LogP contribution in [0.15, 0.2) is 72.8 Å². The van der Waals surface area contributed by atoms with Crippen LogP contribution in [0.5, 0.6) is 34.5 Å². The van der Waals surface area contributed by atoms with Gasteiger partial charge in [0, 0.05) is 84.6 Å². The van der Waals surface area contributed by atoms with Crippen LogP contribution in [0.4, 0.5) is 0 Å². The Bertz CT molecular complexity index is 3930. The normalized spacial score (nSPS) is 12.1. The standard InChI is InChI=1S/C84H114N6O6S12/c1-79(2,3)49-31-55-73(91-43-67(97)85(19)20)56(32-49)104-58-34-51(81(7,8)9)36-60(75(58)93-45-69(99)87(23)24)106-62-38-53(83(13,14)15)40-64(77(62)95-47-71(101)89(27)28)108-66-42-54(84(16,17)18)41-65(78(66)96-48-72(102)90(29)30)107-63-39-52(82(10,11)12)37-61(76(63)94-46-70(100)88(25)26)105-59-35-50(80(4,5)6)33-57(103-55)74(59)92-44-68(98)86(21)22/h31-42H,43-48H2,1-30H3. The van der Waals surface area contributed by atoms with E-state index in [1.807, 2.05) is 114 Å².